The zero-order valence-corrected chi connectivity index (χ0v) is 34.8. The van der Waals surface area contributed by atoms with Gasteiger partial charge in [0.25, 0.3) is 0 Å². The fourth-order valence-electron chi connectivity index (χ4n) is 7.45. The lowest BCUT2D eigenvalue weighted by molar-refractivity contribution is -0.149. The maximum absolute atomic E-state index is 12.4. The van der Waals surface area contributed by atoms with Gasteiger partial charge in [0.15, 0.2) is 0 Å². The SMILES string of the molecule is CCCCCCCCOC(=O)C(C)CCCCCCCN(CCCCCCCCC(C)C(=O)OCCCCCCC)CCCCN1CCCCC1. The highest BCUT2D eigenvalue weighted by Gasteiger charge is 2.15. The molecule has 6 heteroatoms. The second-order valence-corrected chi connectivity index (χ2v) is 16.2. The number of hydrogen-bond donors (Lipinski definition) is 0. The number of carbonyl (C=O) groups excluding carboxylic acids is 2. The molecule has 0 bridgehead atoms. The first-order chi connectivity index (χ1) is 25.0. The summed E-state index contributed by atoms with van der Waals surface area (Å²) in [6.45, 7) is 17.4. The molecule has 302 valence electrons. The van der Waals surface area contributed by atoms with Crippen LogP contribution in [0.25, 0.3) is 0 Å². The van der Waals surface area contributed by atoms with Crippen molar-refractivity contribution in [1.82, 2.24) is 9.80 Å². The van der Waals surface area contributed by atoms with E-state index in [9.17, 15) is 9.59 Å². The second-order valence-electron chi connectivity index (χ2n) is 16.2. The highest BCUT2D eigenvalue weighted by Crippen LogP contribution is 2.17. The molecule has 0 saturated carbocycles. The third-order valence-electron chi connectivity index (χ3n) is 11.2. The number of esters is 2. The van der Waals surface area contributed by atoms with Gasteiger partial charge in [0, 0.05) is 0 Å². The Bertz CT molecular complexity index is 771. The van der Waals surface area contributed by atoms with Crippen LogP contribution >= 0.6 is 0 Å². The Balaban J connectivity index is 2.17. The lowest BCUT2D eigenvalue weighted by atomic mass is 10.0. The minimum Gasteiger partial charge on any atom is -0.465 e. The summed E-state index contributed by atoms with van der Waals surface area (Å²) in [5.74, 6) is 0.0883. The summed E-state index contributed by atoms with van der Waals surface area (Å²) in [5, 5.41) is 0. The molecule has 1 heterocycles. The van der Waals surface area contributed by atoms with Crippen molar-refractivity contribution in [2.24, 2.45) is 11.8 Å². The fraction of sp³-hybridized carbons (Fsp3) is 0.956. The quantitative estimate of drug-likeness (QED) is 0.0470. The molecule has 0 radical (unpaired) electrons. The molecule has 1 aliphatic rings. The van der Waals surface area contributed by atoms with Crippen molar-refractivity contribution in [1.29, 1.82) is 0 Å². The van der Waals surface area contributed by atoms with Crippen molar-refractivity contribution in [3.05, 3.63) is 0 Å². The Hall–Kier alpha value is -1.14. The van der Waals surface area contributed by atoms with Crippen LogP contribution in [0.1, 0.15) is 214 Å². The molecule has 0 aromatic heterocycles. The van der Waals surface area contributed by atoms with Gasteiger partial charge in [0.1, 0.15) is 0 Å². The maximum atomic E-state index is 12.4. The molecule has 1 rings (SSSR count). The molecule has 0 amide bonds. The molecule has 0 aromatic rings. The first kappa shape index (κ1) is 47.9. The molecular weight excluding hydrogens is 633 g/mol. The average Bonchev–Trinajstić information content (AvgIpc) is 3.14. The van der Waals surface area contributed by atoms with Gasteiger partial charge < -0.3 is 19.3 Å². The van der Waals surface area contributed by atoms with Crippen LogP contribution in [0, 0.1) is 11.8 Å². The summed E-state index contributed by atoms with van der Waals surface area (Å²) in [6.07, 6.45) is 35.9. The van der Waals surface area contributed by atoms with Gasteiger partial charge in [-0.05, 0) is 103 Å². The smallest absolute Gasteiger partial charge is 0.308 e. The molecule has 6 nitrogen and oxygen atoms in total. The predicted octanol–water partition coefficient (Wildman–Crippen LogP) is 12.3. The maximum Gasteiger partial charge on any atom is 0.308 e. The van der Waals surface area contributed by atoms with Crippen molar-refractivity contribution in [2.45, 2.75) is 214 Å². The van der Waals surface area contributed by atoms with Gasteiger partial charge in [-0.1, -0.05) is 150 Å². The van der Waals surface area contributed by atoms with Crippen molar-refractivity contribution >= 4 is 11.9 Å². The highest BCUT2D eigenvalue weighted by atomic mass is 16.5. The standard InChI is InChI=1S/C45H88N2O4/c1-5-7-9-11-20-31-41-51-45(49)43(4)33-23-16-14-18-25-35-46(38-28-29-39-47-36-26-21-27-37-47)34-24-17-13-12-15-22-32-42(3)44(48)50-40-30-19-10-8-6-2/h42-43H,5-41H2,1-4H3. The number of ether oxygens (including phenoxy) is 2. The van der Waals surface area contributed by atoms with Crippen LogP contribution in [-0.2, 0) is 19.1 Å². The van der Waals surface area contributed by atoms with Crippen LogP contribution in [0.5, 0.6) is 0 Å². The summed E-state index contributed by atoms with van der Waals surface area (Å²) in [7, 11) is 0. The van der Waals surface area contributed by atoms with Crippen molar-refractivity contribution in [3.63, 3.8) is 0 Å². The molecule has 0 aromatic carbocycles. The summed E-state index contributed by atoms with van der Waals surface area (Å²) < 4.78 is 11.1. The second kappa shape index (κ2) is 35.9. The van der Waals surface area contributed by atoms with E-state index >= 15 is 0 Å². The molecule has 2 unspecified atom stereocenters. The van der Waals surface area contributed by atoms with E-state index in [0.29, 0.717) is 13.2 Å². The van der Waals surface area contributed by atoms with E-state index in [1.807, 2.05) is 13.8 Å². The Morgan fingerprint density at radius 3 is 1.31 bits per heavy atom. The van der Waals surface area contributed by atoms with E-state index in [1.54, 1.807) is 0 Å². The van der Waals surface area contributed by atoms with Crippen LogP contribution < -0.4 is 0 Å². The van der Waals surface area contributed by atoms with Gasteiger partial charge in [-0.25, -0.2) is 0 Å². The van der Waals surface area contributed by atoms with E-state index in [0.717, 1.165) is 38.5 Å². The van der Waals surface area contributed by atoms with Crippen molar-refractivity contribution in [2.75, 3.05) is 52.5 Å². The number of piperidine rings is 1. The van der Waals surface area contributed by atoms with Crippen molar-refractivity contribution < 1.29 is 19.1 Å². The van der Waals surface area contributed by atoms with E-state index in [-0.39, 0.29) is 23.8 Å². The summed E-state index contributed by atoms with van der Waals surface area (Å²) >= 11 is 0. The molecule has 2 atom stereocenters. The topological polar surface area (TPSA) is 59.1 Å². The van der Waals surface area contributed by atoms with Crippen LogP contribution in [0.4, 0.5) is 0 Å². The molecular formula is C45H88N2O4. The Kier molecular flexibility index (Phi) is 33.7. The van der Waals surface area contributed by atoms with Gasteiger partial charge in [0.05, 0.1) is 25.0 Å². The summed E-state index contributed by atoms with van der Waals surface area (Å²) in [6, 6.07) is 0. The lowest BCUT2D eigenvalue weighted by Crippen LogP contribution is -2.32. The number of unbranched alkanes of at least 4 members (excludes halogenated alkanes) is 19. The van der Waals surface area contributed by atoms with Gasteiger partial charge in [-0.2, -0.15) is 0 Å². The van der Waals surface area contributed by atoms with Crippen LogP contribution in [0.3, 0.4) is 0 Å². The minimum absolute atomic E-state index is 0.00652. The molecule has 51 heavy (non-hydrogen) atoms. The fourth-order valence-corrected chi connectivity index (χ4v) is 7.45. The zero-order chi connectivity index (χ0) is 37.0. The van der Waals surface area contributed by atoms with Gasteiger partial charge in [0.2, 0.25) is 0 Å². The molecule has 0 aliphatic carbocycles. The minimum atomic E-state index is 0.00652. The molecule has 0 spiro atoms. The number of likely N-dealkylation sites (tertiary alicyclic amines) is 1. The van der Waals surface area contributed by atoms with Crippen LogP contribution in [0.2, 0.25) is 0 Å². The number of carbonyl (C=O) groups is 2. The van der Waals surface area contributed by atoms with E-state index in [4.69, 9.17) is 9.47 Å². The first-order valence-electron chi connectivity index (χ1n) is 22.8. The van der Waals surface area contributed by atoms with Gasteiger partial charge in [-0.15, -0.1) is 0 Å². The number of nitrogens with zero attached hydrogens (tertiary/aromatic N) is 2. The van der Waals surface area contributed by atoms with Crippen LogP contribution in [-0.4, -0.2) is 74.2 Å². The molecule has 1 aliphatic heterocycles. The van der Waals surface area contributed by atoms with E-state index in [2.05, 4.69) is 23.6 Å². The van der Waals surface area contributed by atoms with E-state index in [1.165, 1.54) is 187 Å². The predicted molar refractivity (Wildman–Crippen MR) is 218 cm³/mol. The van der Waals surface area contributed by atoms with Gasteiger partial charge >= 0.3 is 11.9 Å². The average molecular weight is 721 g/mol. The van der Waals surface area contributed by atoms with Crippen LogP contribution in [0.15, 0.2) is 0 Å². The Labute approximate surface area is 318 Å². The monoisotopic (exact) mass is 721 g/mol. The van der Waals surface area contributed by atoms with E-state index < -0.39 is 0 Å². The third-order valence-corrected chi connectivity index (χ3v) is 11.2. The summed E-state index contributed by atoms with van der Waals surface area (Å²) in [4.78, 5) is 30.1. The molecule has 0 N–H and O–H groups in total. The molecule has 1 fully saturated rings. The zero-order valence-electron chi connectivity index (χ0n) is 34.8. The number of rotatable bonds is 37. The number of hydrogen-bond acceptors (Lipinski definition) is 6. The van der Waals surface area contributed by atoms with Gasteiger partial charge in [-0.3, -0.25) is 9.59 Å². The lowest BCUT2D eigenvalue weighted by Gasteiger charge is -2.27. The molecule has 1 saturated heterocycles. The van der Waals surface area contributed by atoms with Crippen molar-refractivity contribution in [3.8, 4) is 0 Å². The Morgan fingerprint density at radius 2 is 0.863 bits per heavy atom. The largest absolute Gasteiger partial charge is 0.465 e. The highest BCUT2D eigenvalue weighted by molar-refractivity contribution is 5.72. The first-order valence-corrected chi connectivity index (χ1v) is 22.8. The Morgan fingerprint density at radius 1 is 0.490 bits per heavy atom. The normalized spacial score (nSPS) is 14.9. The third kappa shape index (κ3) is 29.9. The summed E-state index contributed by atoms with van der Waals surface area (Å²) in [5.41, 5.74) is 0.